The number of halogens is 3. The van der Waals surface area contributed by atoms with E-state index in [1.54, 1.807) is 37.4 Å². The molecule has 0 saturated carbocycles. The van der Waals surface area contributed by atoms with Crippen LogP contribution in [0.25, 0.3) is 0 Å². The zero-order chi connectivity index (χ0) is 26.5. The van der Waals surface area contributed by atoms with Gasteiger partial charge < -0.3 is 15.7 Å². The van der Waals surface area contributed by atoms with Crippen LogP contribution in [0.1, 0.15) is 25.0 Å². The predicted molar refractivity (Wildman–Crippen MR) is 141 cm³/mol. The highest BCUT2D eigenvalue weighted by Crippen LogP contribution is 2.28. The van der Waals surface area contributed by atoms with Gasteiger partial charge >= 0.3 is 0 Å². The molecule has 3 aromatic rings. The van der Waals surface area contributed by atoms with Crippen molar-refractivity contribution in [2.24, 2.45) is 0 Å². The second-order valence-electron chi connectivity index (χ2n) is 8.54. The Kier molecular flexibility index (Phi) is 8.80. The van der Waals surface area contributed by atoms with Crippen molar-refractivity contribution in [1.29, 1.82) is 0 Å². The average molecular weight is 581 g/mol. The van der Waals surface area contributed by atoms with Crippen LogP contribution in [0.5, 0.6) is 0 Å². The maximum Gasteiger partial charge on any atom is 0.270 e. The van der Waals surface area contributed by atoms with Gasteiger partial charge in [0.1, 0.15) is 5.82 Å². The summed E-state index contributed by atoms with van der Waals surface area (Å²) in [6, 6.07) is 11.8. The predicted octanol–water partition coefficient (Wildman–Crippen LogP) is 5.46. The Bertz CT molecular complexity index is 1330. The van der Waals surface area contributed by atoms with E-state index in [4.69, 9.17) is 0 Å². The van der Waals surface area contributed by atoms with Gasteiger partial charge in [0.25, 0.3) is 5.92 Å². The van der Waals surface area contributed by atoms with E-state index in [0.29, 0.717) is 27.1 Å². The summed E-state index contributed by atoms with van der Waals surface area (Å²) in [5.41, 5.74) is 1.51. The van der Waals surface area contributed by atoms with Gasteiger partial charge in [-0.25, -0.2) is 22.2 Å². The zero-order valence-electron chi connectivity index (χ0n) is 19.8. The van der Waals surface area contributed by atoms with E-state index in [2.05, 4.69) is 43.1 Å². The van der Waals surface area contributed by atoms with E-state index in [9.17, 15) is 22.3 Å². The third-order valence-electron chi connectivity index (χ3n) is 5.16. The van der Waals surface area contributed by atoms with E-state index >= 15 is 0 Å². The number of aromatic nitrogens is 2. The molecule has 0 aliphatic carbocycles. The summed E-state index contributed by atoms with van der Waals surface area (Å²) in [5.74, 6) is -2.50. The van der Waals surface area contributed by atoms with Crippen LogP contribution in [0.4, 0.5) is 26.2 Å². The van der Waals surface area contributed by atoms with Crippen LogP contribution in [0, 0.1) is 0 Å². The van der Waals surface area contributed by atoms with Crippen molar-refractivity contribution in [3.8, 4) is 0 Å². The van der Waals surface area contributed by atoms with Crippen LogP contribution in [-0.4, -0.2) is 41.9 Å². The third-order valence-corrected chi connectivity index (χ3v) is 7.50. The van der Waals surface area contributed by atoms with Gasteiger partial charge in [0.15, 0.2) is 9.84 Å². The molecule has 1 aromatic heterocycles. The number of hydrogen-bond donors (Lipinski definition) is 3. The average Bonchev–Trinajstić information content (AvgIpc) is 2.80. The number of aliphatic hydroxyl groups excluding tert-OH is 1. The topological polar surface area (TPSA) is 104 Å². The van der Waals surface area contributed by atoms with Crippen molar-refractivity contribution in [2.45, 2.75) is 37.1 Å². The zero-order valence-corrected chi connectivity index (χ0v) is 22.2. The lowest BCUT2D eigenvalue weighted by Crippen LogP contribution is -2.20. The van der Waals surface area contributed by atoms with Crippen LogP contribution in [-0.2, 0) is 22.2 Å². The van der Waals surface area contributed by atoms with E-state index < -0.39 is 15.8 Å². The smallest absolute Gasteiger partial charge is 0.270 e. The molecular weight excluding hydrogens is 554 g/mol. The summed E-state index contributed by atoms with van der Waals surface area (Å²) in [6.45, 7) is 6.42. The molecule has 0 amide bonds. The maximum absolute atomic E-state index is 13.4. The Hall–Kier alpha value is -2.89. The molecule has 1 heterocycles. The molecule has 0 radical (unpaired) electrons. The Labute approximate surface area is 217 Å². The van der Waals surface area contributed by atoms with Crippen LogP contribution in [0.15, 0.2) is 76.2 Å². The summed E-state index contributed by atoms with van der Waals surface area (Å²) >= 11 is 3.35. The van der Waals surface area contributed by atoms with Gasteiger partial charge in [-0.05, 0) is 53.0 Å². The summed E-state index contributed by atoms with van der Waals surface area (Å²) in [7, 11) is -3.71. The molecular formula is C25H27BrF2N4O3S. The number of rotatable bonds is 11. The molecule has 0 saturated heterocycles. The molecule has 3 rings (SSSR count). The molecule has 0 aliphatic heterocycles. The molecule has 0 spiro atoms. The van der Waals surface area contributed by atoms with E-state index in [0.717, 1.165) is 6.92 Å². The van der Waals surface area contributed by atoms with Crippen molar-refractivity contribution >= 4 is 43.2 Å². The number of nitrogens with one attached hydrogen (secondary N) is 2. The molecule has 11 heteroatoms. The number of hydrogen-bond acceptors (Lipinski definition) is 7. The Morgan fingerprint density at radius 3 is 2.56 bits per heavy atom. The van der Waals surface area contributed by atoms with Crippen molar-refractivity contribution in [1.82, 2.24) is 9.97 Å². The lowest BCUT2D eigenvalue weighted by molar-refractivity contribution is 0.0174. The Morgan fingerprint density at radius 2 is 1.92 bits per heavy atom. The van der Waals surface area contributed by atoms with Gasteiger partial charge in [0.05, 0.1) is 21.7 Å². The van der Waals surface area contributed by atoms with Gasteiger partial charge in [-0.2, -0.15) is 4.98 Å². The van der Waals surface area contributed by atoms with Crippen molar-refractivity contribution in [2.75, 3.05) is 23.0 Å². The molecule has 2 aromatic carbocycles. The molecule has 1 atom stereocenters. The molecule has 0 bridgehead atoms. The van der Waals surface area contributed by atoms with Gasteiger partial charge in [0.2, 0.25) is 5.95 Å². The molecule has 7 nitrogen and oxygen atoms in total. The fourth-order valence-electron chi connectivity index (χ4n) is 3.31. The highest BCUT2D eigenvalue weighted by atomic mass is 79.9. The number of nitrogens with zero attached hydrogens (tertiary/aromatic N) is 2. The van der Waals surface area contributed by atoms with Crippen molar-refractivity contribution < 1.29 is 22.3 Å². The Balaban J connectivity index is 1.70. The number of sulfone groups is 1. The summed E-state index contributed by atoms with van der Waals surface area (Å²) in [5, 5.41) is 15.3. The van der Waals surface area contributed by atoms with Crippen molar-refractivity contribution in [3.05, 3.63) is 82.5 Å². The van der Waals surface area contributed by atoms with E-state index in [1.165, 1.54) is 24.3 Å². The monoisotopic (exact) mass is 580 g/mol. The quantitative estimate of drug-likeness (QED) is 0.259. The normalized spacial score (nSPS) is 12.7. The number of anilines is 3. The largest absolute Gasteiger partial charge is 0.394 e. The fraction of sp³-hybridized carbons (Fsp3) is 0.280. The molecule has 0 unspecified atom stereocenters. The first-order valence-corrected chi connectivity index (χ1v) is 13.5. The molecule has 3 N–H and O–H groups in total. The van der Waals surface area contributed by atoms with Crippen LogP contribution in [0.3, 0.4) is 0 Å². The first-order valence-electron chi connectivity index (χ1n) is 11.0. The van der Waals surface area contributed by atoms with Gasteiger partial charge in [-0.3, -0.25) is 0 Å². The first kappa shape index (κ1) is 27.7. The van der Waals surface area contributed by atoms with Crippen LogP contribution < -0.4 is 10.6 Å². The second kappa shape index (κ2) is 11.4. The molecule has 36 heavy (non-hydrogen) atoms. The number of aliphatic hydroxyl groups is 1. The summed E-state index contributed by atoms with van der Waals surface area (Å²) in [6.07, 6.45) is 1.79. The maximum atomic E-state index is 13.4. The second-order valence-corrected chi connectivity index (χ2v) is 11.4. The first-order chi connectivity index (χ1) is 16.9. The molecule has 0 aliphatic rings. The summed E-state index contributed by atoms with van der Waals surface area (Å²) < 4.78 is 53.5. The molecule has 0 fully saturated rings. The van der Waals surface area contributed by atoms with E-state index in [1.807, 2.05) is 0 Å². The minimum atomic E-state index is -3.71. The number of benzene rings is 2. The highest BCUT2D eigenvalue weighted by Gasteiger charge is 2.24. The standard InChI is InChI=1S/C25H27BrF2N4O3S/c1-16(11-18-7-9-19(10-8-18)25(3,27)28)15-36(34,35)21-6-4-5-20(12-21)31-24-29-13-22(26)23(32-24)30-17(2)14-33/h4-10,12-13,17,33H,1,11,14-15H2,2-3H3,(H2,29,30,31,32)/t17-/m1/s1. The lowest BCUT2D eigenvalue weighted by Gasteiger charge is -2.14. The van der Waals surface area contributed by atoms with Gasteiger partial charge in [-0.15, -0.1) is 0 Å². The van der Waals surface area contributed by atoms with E-state index in [-0.39, 0.29) is 41.2 Å². The minimum Gasteiger partial charge on any atom is -0.394 e. The number of alkyl halides is 2. The summed E-state index contributed by atoms with van der Waals surface area (Å²) in [4.78, 5) is 8.65. The van der Waals surface area contributed by atoms with Crippen LogP contribution in [0.2, 0.25) is 0 Å². The molecule has 192 valence electrons. The fourth-order valence-corrected chi connectivity index (χ4v) is 5.02. The Morgan fingerprint density at radius 1 is 1.22 bits per heavy atom. The van der Waals surface area contributed by atoms with Crippen LogP contribution >= 0.6 is 15.9 Å². The van der Waals surface area contributed by atoms with Gasteiger partial charge in [0, 0.05) is 30.4 Å². The van der Waals surface area contributed by atoms with Gasteiger partial charge in [-0.1, -0.05) is 42.5 Å². The lowest BCUT2D eigenvalue weighted by atomic mass is 10.0. The SMILES string of the molecule is C=C(Cc1ccc(C(C)(F)F)cc1)CS(=O)(=O)c1cccc(Nc2ncc(Br)c(N[C@H](C)CO)n2)c1. The highest BCUT2D eigenvalue weighted by molar-refractivity contribution is 9.10. The van der Waals surface area contributed by atoms with Crippen molar-refractivity contribution in [3.63, 3.8) is 0 Å². The third kappa shape index (κ3) is 7.55. The minimum absolute atomic E-state index is 0.0790.